The third-order valence-electron chi connectivity index (χ3n) is 3.73. The van der Waals surface area contributed by atoms with Gasteiger partial charge in [0.2, 0.25) is 15.9 Å². The molecule has 0 radical (unpaired) electrons. The monoisotopic (exact) mass is 393 g/mol. The van der Waals surface area contributed by atoms with E-state index in [9.17, 15) is 22.4 Å². The minimum atomic E-state index is -4.21. The van der Waals surface area contributed by atoms with Crippen LogP contribution >= 0.6 is 0 Å². The summed E-state index contributed by atoms with van der Waals surface area (Å²) in [6.45, 7) is 1.24. The molecular formula is C17H16FN3O5S. The Kier molecular flexibility index (Phi) is 5.10. The van der Waals surface area contributed by atoms with Crippen molar-refractivity contribution in [1.29, 1.82) is 0 Å². The molecule has 0 bridgehead atoms. The van der Waals surface area contributed by atoms with Crippen LogP contribution in [-0.2, 0) is 19.6 Å². The molecule has 0 fully saturated rings. The second-order valence-electron chi connectivity index (χ2n) is 5.81. The van der Waals surface area contributed by atoms with E-state index < -0.39 is 32.7 Å². The van der Waals surface area contributed by atoms with Crippen molar-refractivity contribution in [2.45, 2.75) is 17.9 Å². The number of rotatable bonds is 5. The van der Waals surface area contributed by atoms with Crippen LogP contribution in [0.2, 0.25) is 0 Å². The van der Waals surface area contributed by atoms with E-state index in [2.05, 4.69) is 15.4 Å². The Hall–Kier alpha value is -2.98. The fraction of sp³-hybridized carbons (Fsp3) is 0.176. The van der Waals surface area contributed by atoms with Gasteiger partial charge in [0.25, 0.3) is 5.91 Å². The van der Waals surface area contributed by atoms with Gasteiger partial charge in [-0.3, -0.25) is 9.59 Å². The molecule has 0 aromatic heterocycles. The molecule has 2 aromatic rings. The molecule has 0 unspecified atom stereocenters. The summed E-state index contributed by atoms with van der Waals surface area (Å²) in [4.78, 5) is 23.1. The zero-order valence-corrected chi connectivity index (χ0v) is 15.0. The summed E-state index contributed by atoms with van der Waals surface area (Å²) in [5.74, 6) is -1.43. The van der Waals surface area contributed by atoms with Gasteiger partial charge in [0.1, 0.15) is 16.5 Å². The number of amides is 2. The second-order valence-corrected chi connectivity index (χ2v) is 7.49. The van der Waals surface area contributed by atoms with E-state index in [0.717, 1.165) is 12.1 Å². The Balaban J connectivity index is 1.70. The standard InChI is InChI=1S/C17H16FN3O5S/c1-10(21-27(24,25)15-5-3-2-4-12(15)18)17(23)19-11-6-7-14-13(8-11)20-16(22)9-26-14/h2-8,10,21H,9H2,1H3,(H,19,23)(H,20,22)/t10-/m1/s1. The van der Waals surface area contributed by atoms with Crippen LogP contribution in [0.4, 0.5) is 15.8 Å². The Bertz CT molecular complexity index is 1010. The van der Waals surface area contributed by atoms with Gasteiger partial charge in [0, 0.05) is 5.69 Å². The molecule has 8 nitrogen and oxygen atoms in total. The van der Waals surface area contributed by atoms with Crippen molar-refractivity contribution in [1.82, 2.24) is 4.72 Å². The Morgan fingerprint density at radius 1 is 1.26 bits per heavy atom. The lowest BCUT2D eigenvalue weighted by molar-refractivity contribution is -0.118. The Labute approximate surface area is 154 Å². The van der Waals surface area contributed by atoms with Crippen LogP contribution in [0, 0.1) is 5.82 Å². The number of anilines is 2. The molecule has 1 heterocycles. The quantitative estimate of drug-likeness (QED) is 0.712. The second kappa shape index (κ2) is 7.33. The number of carbonyl (C=O) groups is 2. The molecule has 2 amide bonds. The number of ether oxygens (including phenoxy) is 1. The van der Waals surface area contributed by atoms with Gasteiger partial charge in [0.05, 0.1) is 11.7 Å². The number of hydrogen-bond acceptors (Lipinski definition) is 5. The average Bonchev–Trinajstić information content (AvgIpc) is 2.61. The maximum atomic E-state index is 13.7. The molecule has 1 aliphatic heterocycles. The maximum absolute atomic E-state index is 13.7. The van der Waals surface area contributed by atoms with Gasteiger partial charge in [0.15, 0.2) is 6.61 Å². The summed E-state index contributed by atoms with van der Waals surface area (Å²) in [6.07, 6.45) is 0. The molecule has 0 spiro atoms. The molecule has 142 valence electrons. The highest BCUT2D eigenvalue weighted by atomic mass is 32.2. The van der Waals surface area contributed by atoms with Crippen LogP contribution in [0.3, 0.4) is 0 Å². The first-order chi connectivity index (χ1) is 12.8. The third kappa shape index (κ3) is 4.23. The van der Waals surface area contributed by atoms with Crippen molar-refractivity contribution < 1.29 is 27.1 Å². The van der Waals surface area contributed by atoms with Crippen LogP contribution in [0.15, 0.2) is 47.4 Å². The minimum Gasteiger partial charge on any atom is -0.482 e. The summed E-state index contributed by atoms with van der Waals surface area (Å²) < 4.78 is 45.6. The van der Waals surface area contributed by atoms with Crippen LogP contribution < -0.4 is 20.1 Å². The number of nitrogens with one attached hydrogen (secondary N) is 3. The lowest BCUT2D eigenvalue weighted by Crippen LogP contribution is -2.41. The predicted molar refractivity (Wildman–Crippen MR) is 95.4 cm³/mol. The first-order valence-corrected chi connectivity index (χ1v) is 9.39. The SMILES string of the molecule is C[C@@H](NS(=O)(=O)c1ccccc1F)C(=O)Nc1ccc2c(c1)NC(=O)CO2. The van der Waals surface area contributed by atoms with Crippen LogP contribution in [0.1, 0.15) is 6.92 Å². The van der Waals surface area contributed by atoms with Gasteiger partial charge in [-0.1, -0.05) is 12.1 Å². The van der Waals surface area contributed by atoms with Crippen LogP contribution in [-0.4, -0.2) is 32.9 Å². The van der Waals surface area contributed by atoms with Gasteiger partial charge in [-0.2, -0.15) is 4.72 Å². The molecule has 0 aliphatic carbocycles. The molecule has 1 atom stereocenters. The number of halogens is 1. The summed E-state index contributed by atoms with van der Waals surface area (Å²) in [5, 5.41) is 5.13. The molecule has 0 saturated heterocycles. The Morgan fingerprint density at radius 2 is 2.00 bits per heavy atom. The normalized spacial score (nSPS) is 14.5. The molecule has 10 heteroatoms. The molecule has 0 saturated carbocycles. The summed E-state index contributed by atoms with van der Waals surface area (Å²) in [6, 6.07) is 8.30. The highest BCUT2D eigenvalue weighted by Gasteiger charge is 2.25. The van der Waals surface area contributed by atoms with Crippen molar-refractivity contribution in [2.75, 3.05) is 17.2 Å². The van der Waals surface area contributed by atoms with Gasteiger partial charge in [-0.25, -0.2) is 12.8 Å². The number of sulfonamides is 1. The van der Waals surface area contributed by atoms with E-state index in [0.29, 0.717) is 17.1 Å². The molecule has 3 N–H and O–H groups in total. The molecule has 3 rings (SSSR count). The van der Waals surface area contributed by atoms with E-state index in [4.69, 9.17) is 4.74 Å². The Morgan fingerprint density at radius 3 is 2.74 bits per heavy atom. The fourth-order valence-electron chi connectivity index (χ4n) is 2.42. The molecular weight excluding hydrogens is 377 g/mol. The van der Waals surface area contributed by atoms with E-state index >= 15 is 0 Å². The van der Waals surface area contributed by atoms with Gasteiger partial charge < -0.3 is 15.4 Å². The topological polar surface area (TPSA) is 114 Å². The van der Waals surface area contributed by atoms with E-state index in [-0.39, 0.29) is 12.5 Å². The first-order valence-electron chi connectivity index (χ1n) is 7.91. The van der Waals surface area contributed by atoms with Crippen molar-refractivity contribution in [3.05, 3.63) is 48.3 Å². The molecule has 2 aromatic carbocycles. The summed E-state index contributed by atoms with van der Waals surface area (Å²) in [5.41, 5.74) is 0.727. The minimum absolute atomic E-state index is 0.0897. The zero-order valence-electron chi connectivity index (χ0n) is 14.2. The first kappa shape index (κ1) is 18.8. The number of fused-ring (bicyclic) bond motifs is 1. The van der Waals surface area contributed by atoms with Gasteiger partial charge in [-0.15, -0.1) is 0 Å². The summed E-state index contributed by atoms with van der Waals surface area (Å²) in [7, 11) is -4.21. The highest BCUT2D eigenvalue weighted by Crippen LogP contribution is 2.30. The molecule has 1 aliphatic rings. The van der Waals surface area contributed by atoms with Crippen molar-refractivity contribution in [2.24, 2.45) is 0 Å². The van der Waals surface area contributed by atoms with Crippen molar-refractivity contribution in [3.8, 4) is 5.75 Å². The number of carbonyl (C=O) groups excluding carboxylic acids is 2. The smallest absolute Gasteiger partial charge is 0.262 e. The lowest BCUT2D eigenvalue weighted by Gasteiger charge is -2.19. The average molecular weight is 393 g/mol. The highest BCUT2D eigenvalue weighted by molar-refractivity contribution is 7.89. The van der Waals surface area contributed by atoms with E-state index in [1.807, 2.05) is 0 Å². The summed E-state index contributed by atoms with van der Waals surface area (Å²) >= 11 is 0. The lowest BCUT2D eigenvalue weighted by atomic mass is 10.2. The van der Waals surface area contributed by atoms with Crippen molar-refractivity contribution in [3.63, 3.8) is 0 Å². The van der Waals surface area contributed by atoms with E-state index in [1.165, 1.54) is 25.1 Å². The largest absolute Gasteiger partial charge is 0.482 e. The number of hydrogen-bond donors (Lipinski definition) is 3. The van der Waals surface area contributed by atoms with Crippen molar-refractivity contribution >= 4 is 33.2 Å². The van der Waals surface area contributed by atoms with Gasteiger partial charge >= 0.3 is 0 Å². The van der Waals surface area contributed by atoms with Gasteiger partial charge in [-0.05, 0) is 37.3 Å². The fourth-order valence-corrected chi connectivity index (χ4v) is 3.71. The zero-order chi connectivity index (χ0) is 19.6. The maximum Gasteiger partial charge on any atom is 0.262 e. The van der Waals surface area contributed by atoms with Crippen LogP contribution in [0.5, 0.6) is 5.75 Å². The predicted octanol–water partition coefficient (Wildman–Crippen LogP) is 1.46. The number of benzene rings is 2. The molecule has 27 heavy (non-hydrogen) atoms. The van der Waals surface area contributed by atoms with E-state index in [1.54, 1.807) is 12.1 Å². The van der Waals surface area contributed by atoms with Crippen LogP contribution in [0.25, 0.3) is 0 Å². The third-order valence-corrected chi connectivity index (χ3v) is 5.31.